The molecule has 0 fully saturated rings. The molecule has 8 heteroatoms. The van der Waals surface area contributed by atoms with E-state index >= 15 is 0 Å². The topological polar surface area (TPSA) is 86.9 Å². The third-order valence-electron chi connectivity index (χ3n) is 2.29. The van der Waals surface area contributed by atoms with Crippen LogP contribution in [0.1, 0.15) is 5.82 Å². The van der Waals surface area contributed by atoms with Gasteiger partial charge in [-0.3, -0.25) is 8.97 Å². The smallest absolute Gasteiger partial charge is 0.204 e. The van der Waals surface area contributed by atoms with E-state index in [0.717, 1.165) is 0 Å². The van der Waals surface area contributed by atoms with Gasteiger partial charge in [0.1, 0.15) is 11.3 Å². The monoisotopic (exact) mass is 245 g/mol. The fraction of sp³-hybridized carbons (Fsp3) is 0. The first kappa shape index (κ1) is 9.85. The van der Waals surface area contributed by atoms with E-state index in [-0.39, 0.29) is 4.99 Å². The van der Waals surface area contributed by atoms with Crippen LogP contribution in [0.5, 0.6) is 0 Å². The number of hydrogen-bond donors (Lipinski definition) is 1. The van der Waals surface area contributed by atoms with Crippen LogP contribution in [0.4, 0.5) is 0 Å². The number of imidazole rings is 1. The molecule has 0 aromatic carbocycles. The lowest BCUT2D eigenvalue weighted by atomic mass is 10.5. The number of aromatic nitrogens is 6. The minimum Gasteiger partial charge on any atom is -0.387 e. The van der Waals surface area contributed by atoms with Gasteiger partial charge in [0.2, 0.25) is 5.65 Å². The van der Waals surface area contributed by atoms with Crippen molar-refractivity contribution in [3.05, 3.63) is 36.9 Å². The Balaban J connectivity index is 2.30. The second kappa shape index (κ2) is 3.59. The Hall–Kier alpha value is -2.35. The summed E-state index contributed by atoms with van der Waals surface area (Å²) < 4.78 is 3.44. The standard InChI is InChI=1S/C9H7N7S/c10-6(17)7-11-2-4-16(7)8-9-14-13-5-15(9)3-1-12-8/h1-5H,(H2,10,17). The molecule has 0 spiro atoms. The largest absolute Gasteiger partial charge is 0.387 e. The third kappa shape index (κ3) is 1.46. The van der Waals surface area contributed by atoms with E-state index in [0.29, 0.717) is 17.3 Å². The molecule has 0 saturated heterocycles. The van der Waals surface area contributed by atoms with Gasteiger partial charge in [-0.05, 0) is 0 Å². The first-order chi connectivity index (χ1) is 8.27. The van der Waals surface area contributed by atoms with E-state index in [2.05, 4.69) is 20.2 Å². The summed E-state index contributed by atoms with van der Waals surface area (Å²) in [6.07, 6.45) is 8.34. The molecule has 3 rings (SSSR count). The van der Waals surface area contributed by atoms with E-state index in [4.69, 9.17) is 18.0 Å². The number of nitrogens with zero attached hydrogens (tertiary/aromatic N) is 6. The average molecular weight is 245 g/mol. The zero-order valence-corrected chi connectivity index (χ0v) is 9.37. The first-order valence-electron chi connectivity index (χ1n) is 4.75. The predicted octanol–water partition coefficient (Wildman–Crippen LogP) is -0.0558. The number of hydrogen-bond acceptors (Lipinski definition) is 5. The molecule has 0 atom stereocenters. The number of thiocarbonyl (C=S) groups is 1. The molecule has 0 saturated carbocycles. The molecule has 3 aromatic heterocycles. The summed E-state index contributed by atoms with van der Waals surface area (Å²) in [6.45, 7) is 0. The lowest BCUT2D eigenvalue weighted by molar-refractivity contribution is 0.956. The van der Waals surface area contributed by atoms with E-state index < -0.39 is 0 Å². The van der Waals surface area contributed by atoms with Gasteiger partial charge < -0.3 is 5.73 Å². The van der Waals surface area contributed by atoms with E-state index in [1.165, 1.54) is 0 Å². The highest BCUT2D eigenvalue weighted by Crippen LogP contribution is 2.12. The lowest BCUT2D eigenvalue weighted by Gasteiger charge is -2.05. The van der Waals surface area contributed by atoms with Crippen LogP contribution in [-0.2, 0) is 0 Å². The molecule has 2 N–H and O–H groups in total. The molecular weight excluding hydrogens is 238 g/mol. The van der Waals surface area contributed by atoms with Crippen molar-refractivity contribution >= 4 is 22.9 Å². The highest BCUT2D eigenvalue weighted by molar-refractivity contribution is 7.80. The normalized spacial score (nSPS) is 10.8. The molecule has 0 amide bonds. The van der Waals surface area contributed by atoms with Crippen LogP contribution in [-0.4, -0.2) is 34.1 Å². The van der Waals surface area contributed by atoms with Crippen molar-refractivity contribution in [3.63, 3.8) is 0 Å². The first-order valence-corrected chi connectivity index (χ1v) is 5.16. The maximum atomic E-state index is 5.59. The molecule has 0 radical (unpaired) electrons. The number of nitrogens with two attached hydrogens (primary N) is 1. The van der Waals surface area contributed by atoms with E-state index in [1.54, 1.807) is 40.1 Å². The van der Waals surface area contributed by atoms with Gasteiger partial charge in [0, 0.05) is 24.8 Å². The second-order valence-electron chi connectivity index (χ2n) is 3.30. The molecule has 3 heterocycles. The van der Waals surface area contributed by atoms with Gasteiger partial charge in [-0.15, -0.1) is 10.2 Å². The zero-order chi connectivity index (χ0) is 11.8. The minimum atomic E-state index is 0.207. The van der Waals surface area contributed by atoms with Crippen molar-refractivity contribution in [1.82, 2.24) is 29.1 Å². The van der Waals surface area contributed by atoms with Gasteiger partial charge in [0.05, 0.1) is 0 Å². The SMILES string of the molecule is NC(=S)c1nccn1-c1nccn2cnnc12. The van der Waals surface area contributed by atoms with Crippen molar-refractivity contribution < 1.29 is 0 Å². The van der Waals surface area contributed by atoms with Gasteiger partial charge in [-0.1, -0.05) is 12.2 Å². The highest BCUT2D eigenvalue weighted by Gasteiger charge is 2.12. The Morgan fingerprint density at radius 1 is 1.24 bits per heavy atom. The number of rotatable bonds is 2. The molecule has 0 aliphatic heterocycles. The lowest BCUT2D eigenvalue weighted by Crippen LogP contribution is -2.17. The summed E-state index contributed by atoms with van der Waals surface area (Å²) in [7, 11) is 0. The highest BCUT2D eigenvalue weighted by atomic mass is 32.1. The maximum absolute atomic E-state index is 5.59. The number of fused-ring (bicyclic) bond motifs is 1. The van der Waals surface area contributed by atoms with Gasteiger partial charge in [0.15, 0.2) is 11.6 Å². The quantitative estimate of drug-likeness (QED) is 0.637. The summed E-state index contributed by atoms with van der Waals surface area (Å²) in [4.78, 5) is 8.54. The van der Waals surface area contributed by atoms with Crippen molar-refractivity contribution in [1.29, 1.82) is 0 Å². The molecule has 84 valence electrons. The van der Waals surface area contributed by atoms with E-state index in [1.807, 2.05) is 0 Å². The van der Waals surface area contributed by atoms with Crippen LogP contribution in [0.2, 0.25) is 0 Å². The second-order valence-corrected chi connectivity index (χ2v) is 3.74. The summed E-state index contributed by atoms with van der Waals surface area (Å²) in [5.74, 6) is 1.06. The van der Waals surface area contributed by atoms with Gasteiger partial charge in [-0.2, -0.15) is 0 Å². The Morgan fingerprint density at radius 2 is 2.06 bits per heavy atom. The predicted molar refractivity (Wildman–Crippen MR) is 63.8 cm³/mol. The van der Waals surface area contributed by atoms with Gasteiger partial charge in [-0.25, -0.2) is 9.97 Å². The van der Waals surface area contributed by atoms with Crippen LogP contribution in [0, 0.1) is 0 Å². The molecule has 17 heavy (non-hydrogen) atoms. The molecule has 0 unspecified atom stereocenters. The summed E-state index contributed by atoms with van der Waals surface area (Å²) in [5, 5.41) is 7.81. The third-order valence-corrected chi connectivity index (χ3v) is 2.47. The molecule has 7 nitrogen and oxygen atoms in total. The van der Waals surface area contributed by atoms with Gasteiger partial charge >= 0.3 is 0 Å². The van der Waals surface area contributed by atoms with Gasteiger partial charge in [0.25, 0.3) is 0 Å². The summed E-state index contributed by atoms with van der Waals surface area (Å²) in [5.41, 5.74) is 6.21. The van der Waals surface area contributed by atoms with Crippen LogP contribution in [0.25, 0.3) is 11.5 Å². The molecular formula is C9H7N7S. The van der Waals surface area contributed by atoms with Crippen LogP contribution >= 0.6 is 12.2 Å². The summed E-state index contributed by atoms with van der Waals surface area (Å²) >= 11 is 4.93. The molecule has 0 aliphatic carbocycles. The Kier molecular flexibility index (Phi) is 2.08. The summed E-state index contributed by atoms with van der Waals surface area (Å²) in [6, 6.07) is 0. The molecule has 0 aliphatic rings. The molecule has 0 bridgehead atoms. The fourth-order valence-electron chi connectivity index (χ4n) is 1.57. The van der Waals surface area contributed by atoms with Crippen LogP contribution < -0.4 is 5.73 Å². The maximum Gasteiger partial charge on any atom is 0.204 e. The fourth-order valence-corrected chi connectivity index (χ4v) is 1.72. The Morgan fingerprint density at radius 3 is 2.88 bits per heavy atom. The molecule has 3 aromatic rings. The van der Waals surface area contributed by atoms with Crippen molar-refractivity contribution in [2.75, 3.05) is 0 Å². The van der Waals surface area contributed by atoms with E-state index in [9.17, 15) is 0 Å². The average Bonchev–Trinajstić information content (AvgIpc) is 2.97. The Labute approximate surface area is 101 Å². The zero-order valence-electron chi connectivity index (χ0n) is 8.56. The van der Waals surface area contributed by atoms with Crippen LogP contribution in [0.15, 0.2) is 31.1 Å². The van der Waals surface area contributed by atoms with Crippen molar-refractivity contribution in [2.45, 2.75) is 0 Å². The minimum absolute atomic E-state index is 0.207. The Bertz CT molecular complexity index is 698. The van der Waals surface area contributed by atoms with Crippen molar-refractivity contribution in [3.8, 4) is 5.82 Å². The van der Waals surface area contributed by atoms with Crippen LogP contribution in [0.3, 0.4) is 0 Å². The van der Waals surface area contributed by atoms with Crippen molar-refractivity contribution in [2.24, 2.45) is 5.73 Å².